The van der Waals surface area contributed by atoms with E-state index >= 15 is 0 Å². The molecule has 0 bridgehead atoms. The van der Waals surface area contributed by atoms with E-state index in [9.17, 15) is 9.59 Å². The Morgan fingerprint density at radius 1 is 1.53 bits per heavy atom. The summed E-state index contributed by atoms with van der Waals surface area (Å²) in [4.78, 5) is 21.9. The number of carbonyl (C=O) groups is 2. The van der Waals surface area contributed by atoms with Gasteiger partial charge in [-0.2, -0.15) is 5.10 Å². The average Bonchev–Trinajstić information content (AvgIpc) is 2.70. The molecule has 0 saturated heterocycles. The summed E-state index contributed by atoms with van der Waals surface area (Å²) < 4.78 is 4.57. The Morgan fingerprint density at radius 2 is 2.33 bits per heavy atom. The van der Waals surface area contributed by atoms with E-state index in [1.807, 2.05) is 0 Å². The number of aromatic amines is 1. The van der Waals surface area contributed by atoms with Gasteiger partial charge in [0.05, 0.1) is 12.6 Å². The smallest absolute Gasteiger partial charge is 0.359 e. The molecule has 1 N–H and O–H groups in total. The van der Waals surface area contributed by atoms with Gasteiger partial charge in [0.25, 0.3) is 0 Å². The van der Waals surface area contributed by atoms with Gasteiger partial charge >= 0.3 is 5.97 Å². The topological polar surface area (TPSA) is 72.0 Å². The summed E-state index contributed by atoms with van der Waals surface area (Å²) in [5.41, 5.74) is 1.38. The maximum absolute atomic E-state index is 11.3. The SMILES string of the molecule is COC(=O)c1n[nH]c2ccc(C=O)cc12. The number of aldehydes is 1. The van der Waals surface area contributed by atoms with Gasteiger partial charge in [-0.25, -0.2) is 4.79 Å². The minimum absolute atomic E-state index is 0.191. The highest BCUT2D eigenvalue weighted by Crippen LogP contribution is 2.17. The number of H-pyrrole nitrogens is 1. The molecule has 0 unspecified atom stereocenters. The van der Waals surface area contributed by atoms with Gasteiger partial charge in [0.1, 0.15) is 6.29 Å². The number of hydrogen-bond acceptors (Lipinski definition) is 4. The third-order valence-corrected chi connectivity index (χ3v) is 2.10. The lowest BCUT2D eigenvalue weighted by atomic mass is 10.1. The third kappa shape index (κ3) is 1.48. The van der Waals surface area contributed by atoms with E-state index in [-0.39, 0.29) is 5.69 Å². The molecule has 2 aromatic rings. The van der Waals surface area contributed by atoms with Crippen molar-refractivity contribution in [3.05, 3.63) is 29.5 Å². The second-order valence-corrected chi connectivity index (χ2v) is 2.99. The van der Waals surface area contributed by atoms with Crippen molar-refractivity contribution in [1.82, 2.24) is 10.2 Å². The van der Waals surface area contributed by atoms with Crippen molar-refractivity contribution in [2.45, 2.75) is 0 Å². The molecule has 1 aromatic carbocycles. The molecule has 0 saturated carbocycles. The summed E-state index contributed by atoms with van der Waals surface area (Å²) in [6, 6.07) is 4.94. The van der Waals surface area contributed by atoms with Gasteiger partial charge in [0, 0.05) is 10.9 Å². The quantitative estimate of drug-likeness (QED) is 0.588. The van der Waals surface area contributed by atoms with Crippen LogP contribution < -0.4 is 0 Å². The largest absolute Gasteiger partial charge is 0.464 e. The molecule has 0 aliphatic carbocycles. The number of carbonyl (C=O) groups excluding carboxylic acids is 2. The fourth-order valence-corrected chi connectivity index (χ4v) is 1.36. The molecule has 76 valence electrons. The molecule has 0 fully saturated rings. The number of nitrogens with one attached hydrogen (secondary N) is 1. The number of hydrogen-bond donors (Lipinski definition) is 1. The van der Waals surface area contributed by atoms with Crippen LogP contribution in [-0.2, 0) is 4.74 Å². The zero-order valence-corrected chi connectivity index (χ0v) is 7.98. The molecular formula is C10H8N2O3. The molecule has 0 aliphatic heterocycles. The van der Waals surface area contributed by atoms with E-state index in [1.165, 1.54) is 7.11 Å². The van der Waals surface area contributed by atoms with Crippen LogP contribution in [0.15, 0.2) is 18.2 Å². The molecule has 0 spiro atoms. The molecular weight excluding hydrogens is 196 g/mol. The molecule has 0 aliphatic rings. The average molecular weight is 204 g/mol. The number of nitrogens with zero attached hydrogens (tertiary/aromatic N) is 1. The van der Waals surface area contributed by atoms with Crippen molar-refractivity contribution in [1.29, 1.82) is 0 Å². The lowest BCUT2D eigenvalue weighted by Crippen LogP contribution is -2.02. The van der Waals surface area contributed by atoms with Crippen LogP contribution in [-0.4, -0.2) is 29.6 Å². The lowest BCUT2D eigenvalue weighted by Gasteiger charge is -1.95. The van der Waals surface area contributed by atoms with Crippen LogP contribution in [0.5, 0.6) is 0 Å². The highest BCUT2D eigenvalue weighted by molar-refractivity contribution is 6.03. The van der Waals surface area contributed by atoms with Crippen LogP contribution in [0.2, 0.25) is 0 Å². The van der Waals surface area contributed by atoms with Crippen molar-refractivity contribution in [2.24, 2.45) is 0 Å². The van der Waals surface area contributed by atoms with E-state index < -0.39 is 5.97 Å². The van der Waals surface area contributed by atoms with Gasteiger partial charge in [-0.05, 0) is 18.2 Å². The first-order valence-corrected chi connectivity index (χ1v) is 4.28. The molecule has 0 radical (unpaired) electrons. The van der Waals surface area contributed by atoms with Crippen LogP contribution in [0.25, 0.3) is 10.9 Å². The summed E-state index contributed by atoms with van der Waals surface area (Å²) in [6.07, 6.45) is 0.716. The van der Waals surface area contributed by atoms with Crippen LogP contribution >= 0.6 is 0 Å². The Bertz CT molecular complexity index is 530. The maximum Gasteiger partial charge on any atom is 0.359 e. The van der Waals surface area contributed by atoms with Gasteiger partial charge in [-0.15, -0.1) is 0 Å². The summed E-state index contributed by atoms with van der Waals surface area (Å²) in [7, 11) is 1.28. The van der Waals surface area contributed by atoms with E-state index in [0.717, 1.165) is 0 Å². The van der Waals surface area contributed by atoms with Gasteiger partial charge in [-0.3, -0.25) is 9.89 Å². The first-order valence-electron chi connectivity index (χ1n) is 4.28. The monoisotopic (exact) mass is 204 g/mol. The van der Waals surface area contributed by atoms with Crippen molar-refractivity contribution in [3.8, 4) is 0 Å². The Hall–Kier alpha value is -2.17. The standard InChI is InChI=1S/C10H8N2O3/c1-15-10(14)9-7-4-6(5-13)2-3-8(7)11-12-9/h2-5H,1H3,(H,11,12). The number of benzene rings is 1. The Labute approximate surface area is 85.0 Å². The van der Waals surface area contributed by atoms with Gasteiger partial charge < -0.3 is 4.74 Å². The molecule has 15 heavy (non-hydrogen) atoms. The van der Waals surface area contributed by atoms with Crippen molar-refractivity contribution < 1.29 is 14.3 Å². The number of aromatic nitrogens is 2. The zero-order valence-electron chi connectivity index (χ0n) is 7.98. The van der Waals surface area contributed by atoms with Crippen molar-refractivity contribution in [3.63, 3.8) is 0 Å². The molecule has 2 rings (SSSR count). The number of methoxy groups -OCH3 is 1. The van der Waals surface area contributed by atoms with Crippen LogP contribution in [0.3, 0.4) is 0 Å². The van der Waals surface area contributed by atoms with E-state index in [4.69, 9.17) is 0 Å². The molecule has 1 aromatic heterocycles. The van der Waals surface area contributed by atoms with Crippen LogP contribution in [0, 0.1) is 0 Å². The Kier molecular flexibility index (Phi) is 2.21. The zero-order chi connectivity index (χ0) is 10.8. The van der Waals surface area contributed by atoms with Gasteiger partial charge in [0.2, 0.25) is 0 Å². The first-order chi connectivity index (χ1) is 7.26. The second kappa shape index (κ2) is 3.53. The van der Waals surface area contributed by atoms with Crippen LogP contribution in [0.4, 0.5) is 0 Å². The van der Waals surface area contributed by atoms with Crippen molar-refractivity contribution in [2.75, 3.05) is 7.11 Å². The van der Waals surface area contributed by atoms with Crippen LogP contribution in [0.1, 0.15) is 20.8 Å². The molecule has 0 atom stereocenters. The normalized spacial score (nSPS) is 10.2. The summed E-state index contributed by atoms with van der Waals surface area (Å²) in [6.45, 7) is 0. The Balaban J connectivity index is 2.66. The summed E-state index contributed by atoms with van der Waals surface area (Å²) in [5.74, 6) is -0.524. The summed E-state index contributed by atoms with van der Waals surface area (Å²) >= 11 is 0. The summed E-state index contributed by atoms with van der Waals surface area (Å²) in [5, 5.41) is 7.10. The van der Waals surface area contributed by atoms with E-state index in [2.05, 4.69) is 14.9 Å². The predicted octanol–water partition coefficient (Wildman–Crippen LogP) is 1.16. The minimum atomic E-state index is -0.524. The molecule has 0 amide bonds. The Morgan fingerprint density at radius 3 is 3.00 bits per heavy atom. The highest BCUT2D eigenvalue weighted by atomic mass is 16.5. The number of esters is 1. The van der Waals surface area contributed by atoms with Crippen molar-refractivity contribution >= 4 is 23.2 Å². The lowest BCUT2D eigenvalue weighted by molar-refractivity contribution is 0.0596. The minimum Gasteiger partial charge on any atom is -0.464 e. The number of ether oxygens (including phenoxy) is 1. The maximum atomic E-state index is 11.3. The van der Waals surface area contributed by atoms with Gasteiger partial charge in [-0.1, -0.05) is 0 Å². The fourth-order valence-electron chi connectivity index (χ4n) is 1.36. The number of fused-ring (bicyclic) bond motifs is 1. The fraction of sp³-hybridized carbons (Fsp3) is 0.100. The van der Waals surface area contributed by atoms with E-state index in [0.29, 0.717) is 22.8 Å². The highest BCUT2D eigenvalue weighted by Gasteiger charge is 2.14. The molecule has 5 nitrogen and oxygen atoms in total. The predicted molar refractivity (Wildman–Crippen MR) is 52.8 cm³/mol. The molecule has 1 heterocycles. The molecule has 5 heteroatoms. The third-order valence-electron chi connectivity index (χ3n) is 2.10. The second-order valence-electron chi connectivity index (χ2n) is 2.99. The number of rotatable bonds is 2. The van der Waals surface area contributed by atoms with E-state index in [1.54, 1.807) is 18.2 Å². The first kappa shape index (κ1) is 9.39. The van der Waals surface area contributed by atoms with Gasteiger partial charge in [0.15, 0.2) is 5.69 Å².